The number of unbranched alkanes of at least 4 members (excludes halogenated alkanes) is 2. The van der Waals surface area contributed by atoms with Crippen molar-refractivity contribution in [2.24, 2.45) is 0 Å². The first-order chi connectivity index (χ1) is 10.2. The number of rotatable bonds is 10. The first kappa shape index (κ1) is 17.2. The molecule has 1 N–H and O–H groups in total. The van der Waals surface area contributed by atoms with Crippen LogP contribution >= 0.6 is 0 Å². The Morgan fingerprint density at radius 1 is 1.05 bits per heavy atom. The van der Waals surface area contributed by atoms with Gasteiger partial charge in [-0.25, -0.2) is 0 Å². The lowest BCUT2D eigenvalue weighted by molar-refractivity contribution is -0.121. The lowest BCUT2D eigenvalue weighted by atomic mass is 10.1. The topological polar surface area (TPSA) is 55.4 Å². The molecule has 0 atom stereocenters. The number of ketones is 1. The fourth-order valence-electron chi connectivity index (χ4n) is 1.97. The van der Waals surface area contributed by atoms with Gasteiger partial charge in [-0.2, -0.15) is 0 Å². The molecule has 0 saturated heterocycles. The molecule has 0 unspecified atom stereocenters. The smallest absolute Gasteiger partial charge is 0.220 e. The Morgan fingerprint density at radius 2 is 1.76 bits per heavy atom. The minimum atomic E-state index is -0.0506. The summed E-state index contributed by atoms with van der Waals surface area (Å²) < 4.78 is 5.33. The van der Waals surface area contributed by atoms with Gasteiger partial charge >= 0.3 is 0 Å². The Kier molecular flexibility index (Phi) is 8.17. The third-order valence-electron chi connectivity index (χ3n) is 3.17. The molecule has 0 heterocycles. The van der Waals surface area contributed by atoms with Crippen molar-refractivity contribution < 1.29 is 14.3 Å². The quantitative estimate of drug-likeness (QED) is 0.531. The molecule has 0 aromatic heterocycles. The predicted molar refractivity (Wildman–Crippen MR) is 83.7 cm³/mol. The standard InChI is InChI=1S/C17H25NO3/c1-3-5-6-13-18-17(20)12-11-16(19)14-7-9-15(10-8-14)21-4-2/h7-10H,3-6,11-13H2,1-2H3,(H,18,20). The number of hydrogen-bond acceptors (Lipinski definition) is 3. The molecule has 0 spiro atoms. The van der Waals surface area contributed by atoms with E-state index in [1.54, 1.807) is 24.3 Å². The maximum absolute atomic E-state index is 12.0. The van der Waals surface area contributed by atoms with Crippen LogP contribution in [0.1, 0.15) is 56.3 Å². The molecular weight excluding hydrogens is 266 g/mol. The molecule has 0 bridgehead atoms. The van der Waals surface area contributed by atoms with Gasteiger partial charge < -0.3 is 10.1 Å². The number of ether oxygens (including phenoxy) is 1. The SMILES string of the molecule is CCCCCNC(=O)CCC(=O)c1ccc(OCC)cc1. The Morgan fingerprint density at radius 3 is 2.38 bits per heavy atom. The predicted octanol–water partition coefficient (Wildman–Crippen LogP) is 3.35. The van der Waals surface area contributed by atoms with Gasteiger partial charge in [0.1, 0.15) is 5.75 Å². The fraction of sp³-hybridized carbons (Fsp3) is 0.529. The molecule has 1 amide bonds. The third-order valence-corrected chi connectivity index (χ3v) is 3.17. The maximum Gasteiger partial charge on any atom is 0.220 e. The van der Waals surface area contributed by atoms with Crippen molar-refractivity contribution in [3.05, 3.63) is 29.8 Å². The normalized spacial score (nSPS) is 10.2. The second-order valence-corrected chi connectivity index (χ2v) is 4.94. The molecule has 1 aromatic rings. The second-order valence-electron chi connectivity index (χ2n) is 4.94. The van der Waals surface area contributed by atoms with Crippen molar-refractivity contribution in [2.45, 2.75) is 46.0 Å². The molecule has 4 nitrogen and oxygen atoms in total. The molecule has 0 aliphatic carbocycles. The van der Waals surface area contributed by atoms with Gasteiger partial charge in [-0.3, -0.25) is 9.59 Å². The maximum atomic E-state index is 12.0. The van der Waals surface area contributed by atoms with Gasteiger partial charge in [0.25, 0.3) is 0 Å². The van der Waals surface area contributed by atoms with Gasteiger partial charge in [-0.1, -0.05) is 19.8 Å². The molecule has 0 saturated carbocycles. The highest BCUT2D eigenvalue weighted by atomic mass is 16.5. The monoisotopic (exact) mass is 291 g/mol. The van der Waals surface area contributed by atoms with E-state index in [9.17, 15) is 9.59 Å². The lowest BCUT2D eigenvalue weighted by Crippen LogP contribution is -2.24. The number of carbonyl (C=O) groups excluding carboxylic acids is 2. The molecule has 1 rings (SSSR count). The highest BCUT2D eigenvalue weighted by Gasteiger charge is 2.09. The molecule has 0 fully saturated rings. The van der Waals surface area contributed by atoms with Gasteiger partial charge in [0.05, 0.1) is 6.61 Å². The Labute approximate surface area is 126 Å². The van der Waals surface area contributed by atoms with Crippen molar-refractivity contribution in [3.63, 3.8) is 0 Å². The lowest BCUT2D eigenvalue weighted by Gasteiger charge is -2.06. The van der Waals surface area contributed by atoms with E-state index >= 15 is 0 Å². The van der Waals surface area contributed by atoms with E-state index in [1.807, 2.05) is 6.92 Å². The van der Waals surface area contributed by atoms with Gasteiger partial charge in [0.15, 0.2) is 5.78 Å². The largest absolute Gasteiger partial charge is 0.494 e. The number of Topliss-reactive ketones (excluding diaryl/α,β-unsaturated/α-hetero) is 1. The number of benzene rings is 1. The number of nitrogens with one attached hydrogen (secondary N) is 1. The summed E-state index contributed by atoms with van der Waals surface area (Å²) in [6.07, 6.45) is 3.73. The van der Waals surface area contributed by atoms with Gasteiger partial charge in [-0.15, -0.1) is 0 Å². The van der Waals surface area contributed by atoms with Crippen LogP contribution in [0.4, 0.5) is 0 Å². The summed E-state index contributed by atoms with van der Waals surface area (Å²) in [5.41, 5.74) is 0.622. The van der Waals surface area contributed by atoms with Crippen LogP contribution in [-0.2, 0) is 4.79 Å². The van der Waals surface area contributed by atoms with Crippen LogP contribution in [0.15, 0.2) is 24.3 Å². The average Bonchev–Trinajstić information content (AvgIpc) is 2.50. The van der Waals surface area contributed by atoms with Crippen LogP contribution < -0.4 is 10.1 Å². The zero-order valence-corrected chi connectivity index (χ0v) is 13.0. The molecule has 4 heteroatoms. The Balaban J connectivity index is 2.31. The third kappa shape index (κ3) is 6.93. The minimum absolute atomic E-state index is 0.0123. The Hall–Kier alpha value is -1.84. The summed E-state index contributed by atoms with van der Waals surface area (Å²) in [5, 5.41) is 2.84. The average molecular weight is 291 g/mol. The molecular formula is C17H25NO3. The van der Waals surface area contributed by atoms with E-state index in [2.05, 4.69) is 12.2 Å². The first-order valence-electron chi connectivity index (χ1n) is 7.70. The van der Waals surface area contributed by atoms with E-state index < -0.39 is 0 Å². The van der Waals surface area contributed by atoms with Gasteiger partial charge in [0, 0.05) is 24.9 Å². The van der Waals surface area contributed by atoms with Crippen molar-refractivity contribution in [1.82, 2.24) is 5.32 Å². The first-order valence-corrected chi connectivity index (χ1v) is 7.70. The van der Waals surface area contributed by atoms with E-state index in [0.717, 1.165) is 25.0 Å². The van der Waals surface area contributed by atoms with E-state index in [4.69, 9.17) is 4.74 Å². The summed E-state index contributed by atoms with van der Waals surface area (Å²) in [4.78, 5) is 23.6. The minimum Gasteiger partial charge on any atom is -0.494 e. The van der Waals surface area contributed by atoms with Crippen molar-refractivity contribution in [3.8, 4) is 5.75 Å². The Bertz CT molecular complexity index is 440. The van der Waals surface area contributed by atoms with Crippen LogP contribution in [-0.4, -0.2) is 24.8 Å². The highest BCUT2D eigenvalue weighted by Crippen LogP contribution is 2.14. The van der Waals surface area contributed by atoms with Crippen LogP contribution in [0.25, 0.3) is 0 Å². The van der Waals surface area contributed by atoms with E-state index in [0.29, 0.717) is 18.7 Å². The summed E-state index contributed by atoms with van der Waals surface area (Å²) >= 11 is 0. The molecule has 0 aliphatic heterocycles. The van der Waals surface area contributed by atoms with E-state index in [1.165, 1.54) is 0 Å². The number of hydrogen-bond donors (Lipinski definition) is 1. The van der Waals surface area contributed by atoms with Crippen LogP contribution in [0, 0.1) is 0 Å². The second kappa shape index (κ2) is 9.97. The fourth-order valence-corrected chi connectivity index (χ4v) is 1.97. The summed E-state index contributed by atoms with van der Waals surface area (Å²) in [6.45, 7) is 5.34. The summed E-state index contributed by atoms with van der Waals surface area (Å²) in [6, 6.07) is 7.04. The van der Waals surface area contributed by atoms with Crippen molar-refractivity contribution in [2.75, 3.05) is 13.2 Å². The molecule has 116 valence electrons. The zero-order valence-electron chi connectivity index (χ0n) is 13.0. The van der Waals surface area contributed by atoms with Gasteiger partial charge in [0.2, 0.25) is 5.91 Å². The van der Waals surface area contributed by atoms with Crippen molar-refractivity contribution >= 4 is 11.7 Å². The molecule has 1 aromatic carbocycles. The van der Waals surface area contributed by atoms with Crippen LogP contribution in [0.2, 0.25) is 0 Å². The molecule has 21 heavy (non-hydrogen) atoms. The van der Waals surface area contributed by atoms with Crippen molar-refractivity contribution in [1.29, 1.82) is 0 Å². The number of amides is 1. The highest BCUT2D eigenvalue weighted by molar-refractivity contribution is 5.98. The van der Waals surface area contributed by atoms with Crippen LogP contribution in [0.3, 0.4) is 0 Å². The van der Waals surface area contributed by atoms with Gasteiger partial charge in [-0.05, 0) is 37.6 Å². The zero-order chi connectivity index (χ0) is 15.5. The summed E-state index contributed by atoms with van der Waals surface area (Å²) in [5.74, 6) is 0.690. The summed E-state index contributed by atoms with van der Waals surface area (Å²) in [7, 11) is 0. The molecule has 0 aliphatic rings. The number of carbonyl (C=O) groups is 2. The van der Waals surface area contributed by atoms with E-state index in [-0.39, 0.29) is 24.5 Å². The van der Waals surface area contributed by atoms with Crippen LogP contribution in [0.5, 0.6) is 5.75 Å². The molecule has 0 radical (unpaired) electrons.